The molecule has 0 N–H and O–H groups in total. The number of ether oxygens (including phenoxy) is 1. The molecular formula is C22H25FN4O2SSi. The quantitative estimate of drug-likeness (QED) is 0.148. The fourth-order valence-corrected chi connectivity index (χ4v) is 4.43. The van der Waals surface area contributed by atoms with Crippen LogP contribution in [0.2, 0.25) is 25.7 Å². The lowest BCUT2D eigenvalue weighted by molar-refractivity contribution is -0.105. The number of benzene rings is 1. The van der Waals surface area contributed by atoms with Gasteiger partial charge in [0.1, 0.15) is 30.6 Å². The van der Waals surface area contributed by atoms with Gasteiger partial charge in [-0.05, 0) is 36.7 Å². The summed E-state index contributed by atoms with van der Waals surface area (Å²) in [6, 6.07) is 7.72. The Kier molecular flexibility index (Phi) is 7.25. The van der Waals surface area contributed by atoms with Gasteiger partial charge in [0.2, 0.25) is 0 Å². The van der Waals surface area contributed by atoms with E-state index in [9.17, 15) is 14.4 Å². The number of carbonyl (C=O) groups is 1. The summed E-state index contributed by atoms with van der Waals surface area (Å²) >= 11 is 1.21. The molecule has 0 aliphatic carbocycles. The molecule has 0 atom stereocenters. The van der Waals surface area contributed by atoms with Gasteiger partial charge >= 0.3 is 0 Å². The number of nitriles is 1. The predicted molar refractivity (Wildman–Crippen MR) is 123 cm³/mol. The van der Waals surface area contributed by atoms with Gasteiger partial charge in [-0.25, -0.2) is 14.4 Å². The van der Waals surface area contributed by atoms with Gasteiger partial charge < -0.3 is 14.1 Å². The smallest absolute Gasteiger partial charge is 0.190 e. The number of rotatable bonds is 9. The molecule has 162 valence electrons. The Hall–Kier alpha value is -2.54. The minimum Gasteiger partial charge on any atom is -0.361 e. The van der Waals surface area contributed by atoms with E-state index in [0.29, 0.717) is 39.6 Å². The predicted octanol–water partition coefficient (Wildman–Crippen LogP) is 5.02. The number of hydrogen-bond donors (Lipinski definition) is 0. The highest BCUT2D eigenvalue weighted by Gasteiger charge is 2.20. The summed E-state index contributed by atoms with van der Waals surface area (Å²) in [4.78, 5) is 20.1. The van der Waals surface area contributed by atoms with Gasteiger partial charge in [-0.1, -0.05) is 31.4 Å². The molecule has 6 nitrogen and oxygen atoms in total. The first-order valence-electron chi connectivity index (χ1n) is 9.95. The molecule has 3 rings (SSSR count). The maximum Gasteiger partial charge on any atom is 0.190 e. The largest absolute Gasteiger partial charge is 0.361 e. The summed E-state index contributed by atoms with van der Waals surface area (Å²) in [5, 5.41) is 10.8. The maximum atomic E-state index is 13.7. The zero-order valence-electron chi connectivity index (χ0n) is 18.1. The topological polar surface area (TPSA) is 80.8 Å². The van der Waals surface area contributed by atoms with Gasteiger partial charge in [-0.15, -0.1) is 0 Å². The number of aryl methyl sites for hydroxylation is 1. The van der Waals surface area contributed by atoms with Gasteiger partial charge in [0.15, 0.2) is 5.16 Å². The fourth-order valence-electron chi connectivity index (χ4n) is 3.15. The average molecular weight is 457 g/mol. The Morgan fingerprint density at radius 1 is 1.32 bits per heavy atom. The number of halogens is 1. The third-order valence-electron chi connectivity index (χ3n) is 4.77. The maximum absolute atomic E-state index is 13.7. The van der Waals surface area contributed by atoms with Crippen molar-refractivity contribution in [2.45, 2.75) is 44.5 Å². The van der Waals surface area contributed by atoms with Crippen molar-refractivity contribution in [1.29, 1.82) is 5.26 Å². The third kappa shape index (κ3) is 5.58. The van der Waals surface area contributed by atoms with Crippen LogP contribution in [0.5, 0.6) is 0 Å². The molecule has 0 fully saturated rings. The molecule has 2 heterocycles. The van der Waals surface area contributed by atoms with Crippen LogP contribution in [0, 0.1) is 24.1 Å². The van der Waals surface area contributed by atoms with Crippen molar-refractivity contribution in [3.8, 4) is 17.3 Å². The zero-order chi connectivity index (χ0) is 22.6. The lowest BCUT2D eigenvalue weighted by Crippen LogP contribution is -2.22. The van der Waals surface area contributed by atoms with Gasteiger partial charge in [-0.3, -0.25) is 0 Å². The van der Waals surface area contributed by atoms with Crippen LogP contribution in [-0.2, 0) is 16.3 Å². The first-order chi connectivity index (χ1) is 14.7. The van der Waals surface area contributed by atoms with E-state index in [1.807, 2.05) is 0 Å². The standard InChI is InChI=1S/C22H25FN4O2SSi/c1-15-11-17(23)5-6-18(15)20-19-16(12-24)13-27(14-29-8-10-31(2,3)4)21(19)26-22(25-20)30-9-7-28/h5-7,11,13H,8-10,14H2,1-4H3. The second-order valence-corrected chi connectivity index (χ2v) is 15.1. The molecule has 0 spiro atoms. The van der Waals surface area contributed by atoms with Crippen molar-refractivity contribution < 1.29 is 13.9 Å². The number of aldehydes is 1. The second kappa shape index (κ2) is 9.72. The SMILES string of the molecule is Cc1cc(F)ccc1-c1nc(SCC=O)nc2c1c(C#N)cn2COCC[Si](C)(C)C. The Morgan fingerprint density at radius 3 is 2.74 bits per heavy atom. The molecular weight excluding hydrogens is 431 g/mol. The van der Waals surface area contributed by atoms with Crippen LogP contribution in [0.3, 0.4) is 0 Å². The van der Waals surface area contributed by atoms with E-state index < -0.39 is 8.07 Å². The van der Waals surface area contributed by atoms with Crippen LogP contribution in [-0.4, -0.2) is 41.3 Å². The van der Waals surface area contributed by atoms with E-state index in [0.717, 1.165) is 17.9 Å². The van der Waals surface area contributed by atoms with Crippen LogP contribution in [0.15, 0.2) is 29.6 Å². The summed E-state index contributed by atoms with van der Waals surface area (Å²) < 4.78 is 21.4. The van der Waals surface area contributed by atoms with Gasteiger partial charge in [0.25, 0.3) is 0 Å². The molecule has 9 heteroatoms. The second-order valence-electron chi connectivity index (χ2n) is 8.46. The van der Waals surface area contributed by atoms with E-state index in [2.05, 4.69) is 35.7 Å². The first kappa shape index (κ1) is 23.1. The Labute approximate surface area is 186 Å². The van der Waals surface area contributed by atoms with Crippen LogP contribution in [0.4, 0.5) is 4.39 Å². The van der Waals surface area contributed by atoms with Crippen LogP contribution in [0.1, 0.15) is 11.1 Å². The molecule has 0 aliphatic heterocycles. The third-order valence-corrected chi connectivity index (χ3v) is 7.21. The summed E-state index contributed by atoms with van der Waals surface area (Å²) in [7, 11) is -1.22. The Balaban J connectivity index is 2.10. The number of aromatic nitrogens is 3. The molecule has 0 saturated heterocycles. The normalized spacial score (nSPS) is 11.6. The number of fused-ring (bicyclic) bond motifs is 1. The summed E-state index contributed by atoms with van der Waals surface area (Å²) in [6.45, 7) is 9.56. The average Bonchev–Trinajstić information content (AvgIpc) is 3.06. The highest BCUT2D eigenvalue weighted by Crippen LogP contribution is 2.34. The zero-order valence-corrected chi connectivity index (χ0v) is 19.9. The highest BCUT2D eigenvalue weighted by molar-refractivity contribution is 7.99. The van der Waals surface area contributed by atoms with E-state index in [1.165, 1.54) is 23.9 Å². The van der Waals surface area contributed by atoms with E-state index in [-0.39, 0.29) is 18.3 Å². The molecule has 0 amide bonds. The minimum atomic E-state index is -1.22. The molecule has 0 saturated carbocycles. The number of carbonyl (C=O) groups excluding carboxylic acids is 1. The summed E-state index contributed by atoms with van der Waals surface area (Å²) in [5.41, 5.74) is 2.96. The monoisotopic (exact) mass is 456 g/mol. The lowest BCUT2D eigenvalue weighted by atomic mass is 10.0. The van der Waals surface area contributed by atoms with Crippen molar-refractivity contribution in [2.24, 2.45) is 0 Å². The van der Waals surface area contributed by atoms with Gasteiger partial charge in [-0.2, -0.15) is 5.26 Å². The first-order valence-corrected chi connectivity index (χ1v) is 14.6. The molecule has 0 bridgehead atoms. The molecule has 31 heavy (non-hydrogen) atoms. The fraction of sp³-hybridized carbons (Fsp3) is 0.364. The Morgan fingerprint density at radius 2 is 2.10 bits per heavy atom. The van der Waals surface area contributed by atoms with Crippen LogP contribution in [0.25, 0.3) is 22.3 Å². The van der Waals surface area contributed by atoms with Crippen molar-refractivity contribution in [2.75, 3.05) is 12.4 Å². The number of nitrogens with zero attached hydrogens (tertiary/aromatic N) is 4. The molecule has 0 aliphatic rings. The van der Waals surface area contributed by atoms with Crippen LogP contribution < -0.4 is 0 Å². The Bertz CT molecular complexity index is 1150. The molecule has 2 aromatic heterocycles. The van der Waals surface area contributed by atoms with E-state index in [4.69, 9.17) is 4.74 Å². The molecule has 0 unspecified atom stereocenters. The highest BCUT2D eigenvalue weighted by atomic mass is 32.2. The number of hydrogen-bond acceptors (Lipinski definition) is 6. The molecule has 1 aromatic carbocycles. The minimum absolute atomic E-state index is 0.214. The molecule has 3 aromatic rings. The number of thioether (sulfide) groups is 1. The van der Waals surface area contributed by atoms with Crippen molar-refractivity contribution in [3.05, 3.63) is 41.3 Å². The van der Waals surface area contributed by atoms with Gasteiger partial charge in [0, 0.05) is 26.4 Å². The van der Waals surface area contributed by atoms with Crippen molar-refractivity contribution >= 4 is 37.2 Å². The van der Waals surface area contributed by atoms with E-state index in [1.54, 1.807) is 23.8 Å². The summed E-state index contributed by atoms with van der Waals surface area (Å²) in [6.07, 6.45) is 2.50. The van der Waals surface area contributed by atoms with Crippen molar-refractivity contribution in [3.63, 3.8) is 0 Å². The van der Waals surface area contributed by atoms with Crippen LogP contribution >= 0.6 is 11.8 Å². The van der Waals surface area contributed by atoms with E-state index >= 15 is 0 Å². The van der Waals surface area contributed by atoms with Crippen molar-refractivity contribution in [1.82, 2.24) is 14.5 Å². The molecule has 0 radical (unpaired) electrons. The lowest BCUT2D eigenvalue weighted by Gasteiger charge is -2.15. The summed E-state index contributed by atoms with van der Waals surface area (Å²) in [5.74, 6) is -0.123. The van der Waals surface area contributed by atoms with Gasteiger partial charge in [0.05, 0.1) is 22.4 Å².